The molecule has 1 aliphatic rings. The molecule has 5 nitrogen and oxygen atoms in total. The fourth-order valence-corrected chi connectivity index (χ4v) is 2.92. The summed E-state index contributed by atoms with van der Waals surface area (Å²) in [6.45, 7) is 6.42. The lowest BCUT2D eigenvalue weighted by Gasteiger charge is -2.39. The van der Waals surface area contributed by atoms with Crippen LogP contribution >= 0.6 is 0 Å². The highest BCUT2D eigenvalue weighted by Gasteiger charge is 2.30. The van der Waals surface area contributed by atoms with Crippen LogP contribution in [0.4, 0.5) is 0 Å². The maximum atomic E-state index is 13.0. The zero-order valence-corrected chi connectivity index (χ0v) is 13.2. The molecule has 116 valence electrons. The maximum Gasteiger partial charge on any atom is 0.254 e. The van der Waals surface area contributed by atoms with E-state index in [-0.39, 0.29) is 11.4 Å². The van der Waals surface area contributed by atoms with Gasteiger partial charge in [-0.25, -0.2) is 4.98 Å². The normalized spacial score (nSPS) is 17.5. The summed E-state index contributed by atoms with van der Waals surface area (Å²) in [5, 5.41) is 4.29. The van der Waals surface area contributed by atoms with Crippen LogP contribution in [0.2, 0.25) is 0 Å². The molecule has 0 unspecified atom stereocenters. The Morgan fingerprint density at radius 3 is 2.86 bits per heavy atom. The third-order valence-corrected chi connectivity index (χ3v) is 3.99. The number of nitrogens with zero attached hydrogens (tertiary/aromatic N) is 2. The van der Waals surface area contributed by atoms with Crippen molar-refractivity contribution in [3.05, 3.63) is 35.9 Å². The highest BCUT2D eigenvalue weighted by Crippen LogP contribution is 2.24. The molecule has 0 radical (unpaired) electrons. The minimum Gasteiger partial charge on any atom is -0.481 e. The van der Waals surface area contributed by atoms with Crippen LogP contribution in [0, 0.1) is 0 Å². The Balaban J connectivity index is 2.03. The molecule has 0 aliphatic carbocycles. The quantitative estimate of drug-likeness (QED) is 0.922. The number of hydrogen-bond donors (Lipinski definition) is 1. The summed E-state index contributed by atoms with van der Waals surface area (Å²) in [6, 6.07) is 9.41. The van der Waals surface area contributed by atoms with E-state index in [1.54, 1.807) is 13.2 Å². The average molecular weight is 299 g/mol. The van der Waals surface area contributed by atoms with E-state index in [1.807, 2.05) is 29.2 Å². The van der Waals surface area contributed by atoms with Crippen molar-refractivity contribution in [3.63, 3.8) is 0 Å². The fraction of sp³-hybridized carbons (Fsp3) is 0.412. The number of methoxy groups -OCH3 is 1. The molecule has 1 aliphatic heterocycles. The minimum absolute atomic E-state index is 0.0338. The van der Waals surface area contributed by atoms with Crippen LogP contribution in [0.1, 0.15) is 24.2 Å². The van der Waals surface area contributed by atoms with Crippen LogP contribution in [0.3, 0.4) is 0 Å². The van der Waals surface area contributed by atoms with E-state index in [1.165, 1.54) is 0 Å². The summed E-state index contributed by atoms with van der Waals surface area (Å²) < 4.78 is 5.25. The third-order valence-electron chi connectivity index (χ3n) is 3.99. The summed E-state index contributed by atoms with van der Waals surface area (Å²) in [6.07, 6.45) is 0. The summed E-state index contributed by atoms with van der Waals surface area (Å²) in [5.74, 6) is 0.503. The molecule has 2 heterocycles. The molecule has 1 aromatic carbocycles. The van der Waals surface area contributed by atoms with Crippen LogP contribution in [0.5, 0.6) is 5.88 Å². The number of fused-ring (bicyclic) bond motifs is 1. The van der Waals surface area contributed by atoms with Gasteiger partial charge in [0.2, 0.25) is 5.88 Å². The van der Waals surface area contributed by atoms with E-state index in [0.717, 1.165) is 17.4 Å². The van der Waals surface area contributed by atoms with Gasteiger partial charge in [-0.1, -0.05) is 18.2 Å². The van der Waals surface area contributed by atoms with Crippen LogP contribution in [-0.2, 0) is 0 Å². The Morgan fingerprint density at radius 1 is 1.36 bits per heavy atom. The van der Waals surface area contributed by atoms with E-state index in [9.17, 15) is 4.79 Å². The smallest absolute Gasteiger partial charge is 0.254 e. The Morgan fingerprint density at radius 2 is 2.14 bits per heavy atom. The van der Waals surface area contributed by atoms with Gasteiger partial charge in [0, 0.05) is 36.6 Å². The second kappa shape index (κ2) is 5.57. The van der Waals surface area contributed by atoms with E-state index in [4.69, 9.17) is 4.74 Å². The molecule has 0 spiro atoms. The van der Waals surface area contributed by atoms with Crippen molar-refractivity contribution in [2.24, 2.45) is 0 Å². The van der Waals surface area contributed by atoms with Crippen molar-refractivity contribution in [2.75, 3.05) is 26.7 Å². The molecule has 1 fully saturated rings. The minimum atomic E-state index is -0.0686. The van der Waals surface area contributed by atoms with Gasteiger partial charge >= 0.3 is 0 Å². The summed E-state index contributed by atoms with van der Waals surface area (Å²) in [7, 11) is 1.57. The highest BCUT2D eigenvalue weighted by molar-refractivity contribution is 6.06. The standard InChI is InChI=1S/C17H21N3O2/c1-17(2)11-20(9-8-18-17)16(21)13-10-15(22-3)19-14-7-5-4-6-12(13)14/h4-7,10,18H,8-9,11H2,1-3H3. The van der Waals surface area contributed by atoms with Crippen molar-refractivity contribution in [1.29, 1.82) is 0 Å². The SMILES string of the molecule is COc1cc(C(=O)N2CCNC(C)(C)C2)c2ccccc2n1. The summed E-state index contributed by atoms with van der Waals surface area (Å²) in [4.78, 5) is 19.3. The van der Waals surface area contributed by atoms with Crippen molar-refractivity contribution in [2.45, 2.75) is 19.4 Å². The topological polar surface area (TPSA) is 54.5 Å². The number of nitrogens with one attached hydrogen (secondary N) is 1. The first-order valence-electron chi connectivity index (χ1n) is 7.48. The van der Waals surface area contributed by atoms with E-state index < -0.39 is 0 Å². The lowest BCUT2D eigenvalue weighted by atomic mass is 10.0. The number of aromatic nitrogens is 1. The molecular weight excluding hydrogens is 278 g/mol. The first kappa shape index (κ1) is 14.8. The second-order valence-electron chi connectivity index (χ2n) is 6.27. The predicted octanol–water partition coefficient (Wildman–Crippen LogP) is 2.07. The number of benzene rings is 1. The van der Waals surface area contributed by atoms with Gasteiger partial charge in [0.05, 0.1) is 18.2 Å². The molecule has 1 N–H and O–H groups in total. The number of amides is 1. The van der Waals surface area contributed by atoms with Crippen molar-refractivity contribution >= 4 is 16.8 Å². The van der Waals surface area contributed by atoms with Crippen molar-refractivity contribution < 1.29 is 9.53 Å². The van der Waals surface area contributed by atoms with Crippen LogP contribution < -0.4 is 10.1 Å². The largest absolute Gasteiger partial charge is 0.481 e. The van der Waals surface area contributed by atoms with Crippen LogP contribution in [0.25, 0.3) is 10.9 Å². The summed E-state index contributed by atoms with van der Waals surface area (Å²) in [5.41, 5.74) is 1.36. The Labute approximate surface area is 130 Å². The molecule has 3 rings (SSSR count). The summed E-state index contributed by atoms with van der Waals surface area (Å²) >= 11 is 0. The molecule has 2 aromatic rings. The van der Waals surface area contributed by atoms with Gasteiger partial charge in [-0.2, -0.15) is 0 Å². The predicted molar refractivity (Wildman–Crippen MR) is 86.3 cm³/mol. The second-order valence-corrected chi connectivity index (χ2v) is 6.27. The van der Waals surface area contributed by atoms with Gasteiger partial charge in [0.25, 0.3) is 5.91 Å². The Hall–Kier alpha value is -2.14. The number of hydrogen-bond acceptors (Lipinski definition) is 4. The average Bonchev–Trinajstić information content (AvgIpc) is 2.52. The van der Waals surface area contributed by atoms with E-state index in [0.29, 0.717) is 24.5 Å². The van der Waals surface area contributed by atoms with Crippen molar-refractivity contribution in [3.8, 4) is 5.88 Å². The first-order valence-corrected chi connectivity index (χ1v) is 7.48. The molecule has 0 atom stereocenters. The molecule has 0 saturated carbocycles. The lowest BCUT2D eigenvalue weighted by molar-refractivity contribution is 0.0653. The van der Waals surface area contributed by atoms with Crippen LogP contribution in [-0.4, -0.2) is 48.1 Å². The Kier molecular flexibility index (Phi) is 3.74. The monoisotopic (exact) mass is 299 g/mol. The number of para-hydroxylation sites is 1. The fourth-order valence-electron chi connectivity index (χ4n) is 2.92. The van der Waals surface area contributed by atoms with Gasteiger partial charge in [-0.3, -0.25) is 4.79 Å². The molecule has 0 bridgehead atoms. The van der Waals surface area contributed by atoms with Gasteiger partial charge in [0.1, 0.15) is 0 Å². The van der Waals surface area contributed by atoms with Gasteiger partial charge in [-0.05, 0) is 19.9 Å². The maximum absolute atomic E-state index is 13.0. The number of carbonyl (C=O) groups is 1. The molecular formula is C17H21N3O2. The first-order chi connectivity index (χ1) is 10.5. The van der Waals surface area contributed by atoms with Gasteiger partial charge in [0.15, 0.2) is 0 Å². The highest BCUT2D eigenvalue weighted by atomic mass is 16.5. The number of rotatable bonds is 2. The number of ether oxygens (including phenoxy) is 1. The zero-order valence-electron chi connectivity index (χ0n) is 13.2. The van der Waals surface area contributed by atoms with E-state index >= 15 is 0 Å². The zero-order chi connectivity index (χ0) is 15.7. The third kappa shape index (κ3) is 2.76. The van der Waals surface area contributed by atoms with Gasteiger partial charge in [-0.15, -0.1) is 0 Å². The molecule has 1 aromatic heterocycles. The van der Waals surface area contributed by atoms with Crippen molar-refractivity contribution in [1.82, 2.24) is 15.2 Å². The van der Waals surface area contributed by atoms with E-state index in [2.05, 4.69) is 24.1 Å². The number of pyridine rings is 1. The number of piperazine rings is 1. The molecule has 5 heteroatoms. The molecule has 22 heavy (non-hydrogen) atoms. The van der Waals surface area contributed by atoms with Crippen LogP contribution in [0.15, 0.2) is 30.3 Å². The molecule has 1 saturated heterocycles. The lowest BCUT2D eigenvalue weighted by Crippen LogP contribution is -2.58. The van der Waals surface area contributed by atoms with Gasteiger partial charge < -0.3 is 15.0 Å². The molecule has 1 amide bonds. The number of carbonyl (C=O) groups excluding carboxylic acids is 1. The Bertz CT molecular complexity index is 712.